The summed E-state index contributed by atoms with van der Waals surface area (Å²) in [7, 11) is 0. The van der Waals surface area contributed by atoms with Gasteiger partial charge in [0.1, 0.15) is 0 Å². The molecule has 0 amide bonds. The third-order valence-corrected chi connectivity index (χ3v) is 3.30. The van der Waals surface area contributed by atoms with Crippen LogP contribution in [0.4, 0.5) is 0 Å². The summed E-state index contributed by atoms with van der Waals surface area (Å²) in [5, 5.41) is 8.64. The minimum Gasteiger partial charge on any atom is -0.481 e. The van der Waals surface area contributed by atoms with Crippen LogP contribution in [0.2, 0.25) is 0 Å². The van der Waals surface area contributed by atoms with E-state index in [1.165, 1.54) is 17.5 Å². The SMILES string of the molecule is Cl.O=C(O)CCCN1CCCc2ccccc2C1. The third kappa shape index (κ3) is 4.31. The third-order valence-electron chi connectivity index (χ3n) is 3.30. The van der Waals surface area contributed by atoms with Crippen molar-refractivity contribution in [1.82, 2.24) is 4.90 Å². The van der Waals surface area contributed by atoms with Crippen LogP contribution >= 0.6 is 12.4 Å². The maximum atomic E-state index is 10.5. The van der Waals surface area contributed by atoms with Gasteiger partial charge in [0, 0.05) is 13.0 Å². The van der Waals surface area contributed by atoms with Crippen LogP contribution in [-0.2, 0) is 17.8 Å². The molecule has 18 heavy (non-hydrogen) atoms. The van der Waals surface area contributed by atoms with Crippen LogP contribution in [0.5, 0.6) is 0 Å². The van der Waals surface area contributed by atoms with Crippen molar-refractivity contribution in [3.63, 3.8) is 0 Å². The molecule has 1 aromatic rings. The standard InChI is InChI=1S/C14H19NO2.ClH/c16-14(17)8-4-10-15-9-3-7-12-5-1-2-6-13(12)11-15;/h1-2,5-6H,3-4,7-11H2,(H,16,17);1H. The molecule has 0 radical (unpaired) electrons. The van der Waals surface area contributed by atoms with Gasteiger partial charge < -0.3 is 5.11 Å². The van der Waals surface area contributed by atoms with Crippen molar-refractivity contribution in [2.75, 3.05) is 13.1 Å². The second kappa shape index (κ2) is 7.39. The molecule has 2 rings (SSSR count). The topological polar surface area (TPSA) is 40.5 Å². The lowest BCUT2D eigenvalue weighted by Crippen LogP contribution is -2.24. The number of fused-ring (bicyclic) bond motifs is 1. The average Bonchev–Trinajstić information content (AvgIpc) is 2.50. The first-order chi connectivity index (χ1) is 8.25. The molecule has 1 N–H and O–H groups in total. The Balaban J connectivity index is 0.00000162. The Morgan fingerprint density at radius 1 is 1.28 bits per heavy atom. The highest BCUT2D eigenvalue weighted by Crippen LogP contribution is 2.18. The van der Waals surface area contributed by atoms with E-state index >= 15 is 0 Å². The molecule has 100 valence electrons. The largest absolute Gasteiger partial charge is 0.481 e. The zero-order chi connectivity index (χ0) is 12.1. The van der Waals surface area contributed by atoms with Crippen molar-refractivity contribution in [3.05, 3.63) is 35.4 Å². The lowest BCUT2D eigenvalue weighted by atomic mass is 10.0. The van der Waals surface area contributed by atoms with E-state index in [1.807, 2.05) is 0 Å². The molecule has 0 saturated carbocycles. The zero-order valence-corrected chi connectivity index (χ0v) is 11.3. The second-order valence-electron chi connectivity index (χ2n) is 4.65. The smallest absolute Gasteiger partial charge is 0.303 e. The minimum atomic E-state index is -0.694. The van der Waals surface area contributed by atoms with E-state index in [2.05, 4.69) is 29.2 Å². The van der Waals surface area contributed by atoms with E-state index in [0.717, 1.165) is 32.5 Å². The number of aryl methyl sites for hydroxylation is 1. The number of halogens is 1. The van der Waals surface area contributed by atoms with Crippen LogP contribution in [0.15, 0.2) is 24.3 Å². The van der Waals surface area contributed by atoms with E-state index in [1.54, 1.807) is 0 Å². The van der Waals surface area contributed by atoms with Crippen LogP contribution in [0.3, 0.4) is 0 Å². The summed E-state index contributed by atoms with van der Waals surface area (Å²) in [4.78, 5) is 12.9. The van der Waals surface area contributed by atoms with Crippen LogP contribution in [-0.4, -0.2) is 29.1 Å². The number of nitrogens with zero attached hydrogens (tertiary/aromatic N) is 1. The van der Waals surface area contributed by atoms with Gasteiger partial charge in [-0.3, -0.25) is 9.69 Å². The van der Waals surface area contributed by atoms with E-state index < -0.39 is 5.97 Å². The van der Waals surface area contributed by atoms with Crippen molar-refractivity contribution in [1.29, 1.82) is 0 Å². The number of rotatable bonds is 4. The molecule has 1 aromatic carbocycles. The molecule has 3 nitrogen and oxygen atoms in total. The van der Waals surface area contributed by atoms with Crippen molar-refractivity contribution in [3.8, 4) is 0 Å². The molecule has 0 fully saturated rings. The number of carboxylic acids is 1. The molecule has 0 aromatic heterocycles. The maximum absolute atomic E-state index is 10.5. The van der Waals surface area contributed by atoms with Crippen molar-refractivity contribution < 1.29 is 9.90 Å². The molecule has 0 unspecified atom stereocenters. The van der Waals surface area contributed by atoms with Gasteiger partial charge in [0.15, 0.2) is 0 Å². The second-order valence-corrected chi connectivity index (χ2v) is 4.65. The van der Waals surface area contributed by atoms with E-state index in [0.29, 0.717) is 0 Å². The lowest BCUT2D eigenvalue weighted by Gasteiger charge is -2.19. The Kier molecular flexibility index (Phi) is 6.16. The van der Waals surface area contributed by atoms with Crippen molar-refractivity contribution in [2.45, 2.75) is 32.2 Å². The van der Waals surface area contributed by atoms with Gasteiger partial charge in [-0.25, -0.2) is 0 Å². The fourth-order valence-corrected chi connectivity index (χ4v) is 2.41. The fourth-order valence-electron chi connectivity index (χ4n) is 2.41. The minimum absolute atomic E-state index is 0. The normalized spacial score (nSPS) is 15.3. The molecular formula is C14H20ClNO2. The summed E-state index contributed by atoms with van der Waals surface area (Å²) in [5.41, 5.74) is 2.86. The molecular weight excluding hydrogens is 250 g/mol. The molecule has 0 aliphatic carbocycles. The fraction of sp³-hybridized carbons (Fsp3) is 0.500. The number of hydrogen-bond acceptors (Lipinski definition) is 2. The Bertz CT molecular complexity index is 395. The highest BCUT2D eigenvalue weighted by atomic mass is 35.5. The van der Waals surface area contributed by atoms with Crippen LogP contribution < -0.4 is 0 Å². The summed E-state index contributed by atoms with van der Waals surface area (Å²) in [6.45, 7) is 2.94. The maximum Gasteiger partial charge on any atom is 0.303 e. The van der Waals surface area contributed by atoms with Crippen molar-refractivity contribution >= 4 is 18.4 Å². The van der Waals surface area contributed by atoms with Crippen LogP contribution in [0.25, 0.3) is 0 Å². The zero-order valence-electron chi connectivity index (χ0n) is 10.5. The predicted molar refractivity (Wildman–Crippen MR) is 74.2 cm³/mol. The molecule has 0 atom stereocenters. The van der Waals surface area contributed by atoms with E-state index in [9.17, 15) is 4.79 Å². The summed E-state index contributed by atoms with van der Waals surface area (Å²) in [6, 6.07) is 8.57. The van der Waals surface area contributed by atoms with Gasteiger partial charge in [-0.1, -0.05) is 24.3 Å². The Labute approximate surface area is 114 Å². The van der Waals surface area contributed by atoms with Gasteiger partial charge >= 0.3 is 5.97 Å². The van der Waals surface area contributed by atoms with Crippen LogP contribution in [0.1, 0.15) is 30.4 Å². The highest BCUT2D eigenvalue weighted by Gasteiger charge is 2.13. The van der Waals surface area contributed by atoms with Crippen molar-refractivity contribution in [2.24, 2.45) is 0 Å². The quantitative estimate of drug-likeness (QED) is 0.914. The summed E-state index contributed by atoms with van der Waals surface area (Å²) < 4.78 is 0. The van der Waals surface area contributed by atoms with Gasteiger partial charge in [0.25, 0.3) is 0 Å². The van der Waals surface area contributed by atoms with Gasteiger partial charge in [-0.15, -0.1) is 12.4 Å². The number of carbonyl (C=O) groups is 1. The number of benzene rings is 1. The first-order valence-corrected chi connectivity index (χ1v) is 6.26. The number of carboxylic acid groups (broad SMARTS) is 1. The molecule has 1 heterocycles. The van der Waals surface area contributed by atoms with Gasteiger partial charge in [-0.2, -0.15) is 0 Å². The van der Waals surface area contributed by atoms with Gasteiger partial charge in [0.2, 0.25) is 0 Å². The summed E-state index contributed by atoms with van der Waals surface area (Å²) >= 11 is 0. The Hall–Kier alpha value is -1.06. The first-order valence-electron chi connectivity index (χ1n) is 6.26. The Morgan fingerprint density at radius 3 is 2.72 bits per heavy atom. The molecule has 0 spiro atoms. The monoisotopic (exact) mass is 269 g/mol. The predicted octanol–water partition coefficient (Wildman–Crippen LogP) is 2.72. The van der Waals surface area contributed by atoms with Crippen LogP contribution in [0, 0.1) is 0 Å². The summed E-state index contributed by atoms with van der Waals surface area (Å²) in [5.74, 6) is -0.694. The van der Waals surface area contributed by atoms with Gasteiger partial charge in [0.05, 0.1) is 0 Å². The number of hydrogen-bond donors (Lipinski definition) is 1. The summed E-state index contributed by atoms with van der Waals surface area (Å²) in [6.07, 6.45) is 3.34. The molecule has 1 aliphatic rings. The molecule has 1 aliphatic heterocycles. The van der Waals surface area contributed by atoms with E-state index in [-0.39, 0.29) is 18.8 Å². The Morgan fingerprint density at radius 2 is 2.00 bits per heavy atom. The van der Waals surface area contributed by atoms with Gasteiger partial charge in [-0.05, 0) is 43.5 Å². The lowest BCUT2D eigenvalue weighted by molar-refractivity contribution is -0.137. The average molecular weight is 270 g/mol. The van der Waals surface area contributed by atoms with E-state index in [4.69, 9.17) is 5.11 Å². The number of aliphatic carboxylic acids is 1. The molecule has 0 saturated heterocycles. The highest BCUT2D eigenvalue weighted by molar-refractivity contribution is 5.85. The molecule has 0 bridgehead atoms. The first kappa shape index (κ1) is 15.0. The molecule has 4 heteroatoms.